The van der Waals surface area contributed by atoms with Gasteiger partial charge in [-0.05, 0) is 56.8 Å². The van der Waals surface area contributed by atoms with Gasteiger partial charge >= 0.3 is 12.1 Å². The molecule has 1 saturated carbocycles. The molecule has 3 aliphatic rings. The molecule has 6 atom stereocenters. The average Bonchev–Trinajstić information content (AvgIpc) is 3.41. The summed E-state index contributed by atoms with van der Waals surface area (Å²) < 4.78 is 39.0. The fourth-order valence-electron chi connectivity index (χ4n) is 5.97. The Morgan fingerprint density at radius 3 is 2.35 bits per heavy atom. The highest BCUT2D eigenvalue weighted by Gasteiger charge is 2.53. The molecule has 0 unspecified atom stereocenters. The van der Waals surface area contributed by atoms with E-state index in [1.165, 1.54) is 25.7 Å². The molecule has 12 heteroatoms. The van der Waals surface area contributed by atoms with E-state index >= 15 is 0 Å². The first-order valence-corrected chi connectivity index (χ1v) is 12.6. The van der Waals surface area contributed by atoms with Crippen molar-refractivity contribution in [2.45, 2.75) is 96.6 Å². The molecule has 0 bridgehead atoms. The molecule has 0 spiro atoms. The standard InChI is InChI=1S/C25H36F3N5O4/c1-23(2,3)18(31-22(37)25(26,27)28)21(36)33-12-13-7-6-8-16(13)17(33)20(35)30-15(11-29)9-14-10-24(4,5)32-19(14)34/h13-18H,6-10,12H2,1-5H3,(H,30,35)(H,31,37)(H,32,34)/t13-,14+,15-,16-,17-,18+/m0/s1. The second-order valence-electron chi connectivity index (χ2n) is 12.3. The van der Waals surface area contributed by atoms with E-state index in [2.05, 4.69) is 10.6 Å². The molecule has 3 fully saturated rings. The molecule has 0 aromatic carbocycles. The number of nitrogens with zero attached hydrogens (tertiary/aromatic N) is 2. The molecule has 206 valence electrons. The average molecular weight is 528 g/mol. The van der Waals surface area contributed by atoms with Gasteiger partial charge < -0.3 is 20.9 Å². The van der Waals surface area contributed by atoms with Crippen molar-refractivity contribution in [3.05, 3.63) is 0 Å². The van der Waals surface area contributed by atoms with Crippen molar-refractivity contribution in [2.75, 3.05) is 6.54 Å². The summed E-state index contributed by atoms with van der Waals surface area (Å²) in [5.41, 5.74) is -1.48. The highest BCUT2D eigenvalue weighted by atomic mass is 19.4. The molecule has 4 amide bonds. The summed E-state index contributed by atoms with van der Waals surface area (Å²) in [6.07, 6.45) is -2.26. The van der Waals surface area contributed by atoms with Gasteiger partial charge in [-0.15, -0.1) is 0 Å². The zero-order chi connectivity index (χ0) is 27.9. The Kier molecular flexibility index (Phi) is 7.87. The molecular formula is C25H36F3N5O4. The summed E-state index contributed by atoms with van der Waals surface area (Å²) in [4.78, 5) is 52.4. The van der Waals surface area contributed by atoms with E-state index in [-0.39, 0.29) is 30.7 Å². The quantitative estimate of drug-likeness (QED) is 0.486. The molecule has 2 heterocycles. The molecule has 0 aromatic rings. The third-order valence-electron chi connectivity index (χ3n) is 7.67. The van der Waals surface area contributed by atoms with Crippen molar-refractivity contribution in [1.29, 1.82) is 5.26 Å². The van der Waals surface area contributed by atoms with Gasteiger partial charge in [-0.3, -0.25) is 19.2 Å². The SMILES string of the molecule is CC1(C)C[C@@H](C[C@@H](C#N)NC(=O)[C@@H]2[C@H]3CCC[C@H]3CN2C(=O)[C@@H](NC(=O)C(F)(F)F)C(C)(C)C)C(=O)N1. The van der Waals surface area contributed by atoms with E-state index in [4.69, 9.17) is 0 Å². The Morgan fingerprint density at radius 2 is 1.84 bits per heavy atom. The summed E-state index contributed by atoms with van der Waals surface area (Å²) in [5, 5.41) is 17.1. The van der Waals surface area contributed by atoms with Gasteiger partial charge in [-0.1, -0.05) is 27.2 Å². The normalized spacial score (nSPS) is 28.6. The number of likely N-dealkylation sites (tertiary alicyclic amines) is 1. The van der Waals surface area contributed by atoms with Crippen LogP contribution in [0.25, 0.3) is 0 Å². The van der Waals surface area contributed by atoms with Gasteiger partial charge in [0.1, 0.15) is 18.1 Å². The summed E-state index contributed by atoms with van der Waals surface area (Å²) in [5.74, 6) is -4.39. The number of hydrogen-bond donors (Lipinski definition) is 3. The zero-order valence-electron chi connectivity index (χ0n) is 21.9. The van der Waals surface area contributed by atoms with Crippen LogP contribution in [0.5, 0.6) is 0 Å². The van der Waals surface area contributed by atoms with E-state index in [9.17, 15) is 37.6 Å². The highest BCUT2D eigenvalue weighted by molar-refractivity contribution is 5.94. The van der Waals surface area contributed by atoms with Gasteiger partial charge in [0.05, 0.1) is 6.07 Å². The molecule has 1 aliphatic carbocycles. The first kappa shape index (κ1) is 28.7. The number of nitrogens with one attached hydrogen (secondary N) is 3. The summed E-state index contributed by atoms with van der Waals surface area (Å²) >= 11 is 0. The van der Waals surface area contributed by atoms with Crippen molar-refractivity contribution >= 4 is 23.6 Å². The Morgan fingerprint density at radius 1 is 1.19 bits per heavy atom. The molecule has 3 rings (SSSR count). The molecule has 2 aliphatic heterocycles. The van der Waals surface area contributed by atoms with Crippen LogP contribution in [0.3, 0.4) is 0 Å². The maximum Gasteiger partial charge on any atom is 0.471 e. The van der Waals surface area contributed by atoms with Gasteiger partial charge in [-0.25, -0.2) is 0 Å². The number of nitriles is 1. The smallest absolute Gasteiger partial charge is 0.351 e. The Bertz CT molecular complexity index is 984. The van der Waals surface area contributed by atoms with Crippen molar-refractivity contribution in [1.82, 2.24) is 20.9 Å². The number of hydrogen-bond acceptors (Lipinski definition) is 5. The van der Waals surface area contributed by atoms with Crippen LogP contribution in [0.4, 0.5) is 13.2 Å². The Balaban J connectivity index is 1.80. The molecule has 9 nitrogen and oxygen atoms in total. The van der Waals surface area contributed by atoms with Crippen molar-refractivity contribution in [3.63, 3.8) is 0 Å². The van der Waals surface area contributed by atoms with Crippen molar-refractivity contribution < 1.29 is 32.3 Å². The number of amides is 4. The number of halogens is 3. The van der Waals surface area contributed by atoms with Crippen LogP contribution in [0.1, 0.15) is 66.7 Å². The fraction of sp³-hybridized carbons (Fsp3) is 0.800. The minimum absolute atomic E-state index is 0.000538. The van der Waals surface area contributed by atoms with E-state index in [0.29, 0.717) is 12.8 Å². The van der Waals surface area contributed by atoms with Gasteiger partial charge in [-0.2, -0.15) is 18.4 Å². The van der Waals surface area contributed by atoms with Gasteiger partial charge in [0.2, 0.25) is 17.7 Å². The fourth-order valence-corrected chi connectivity index (χ4v) is 5.97. The van der Waals surface area contributed by atoms with Crippen LogP contribution >= 0.6 is 0 Å². The van der Waals surface area contributed by atoms with Crippen LogP contribution in [0.2, 0.25) is 0 Å². The first-order chi connectivity index (χ1) is 16.9. The second-order valence-corrected chi connectivity index (χ2v) is 12.3. The molecule has 2 saturated heterocycles. The second kappa shape index (κ2) is 10.1. The van der Waals surface area contributed by atoms with Crippen LogP contribution in [-0.2, 0) is 19.2 Å². The monoisotopic (exact) mass is 527 g/mol. The van der Waals surface area contributed by atoms with E-state index in [0.717, 1.165) is 12.8 Å². The minimum atomic E-state index is -5.16. The molecule has 0 aromatic heterocycles. The Hall–Kier alpha value is -2.84. The summed E-state index contributed by atoms with van der Waals surface area (Å²) in [7, 11) is 0. The van der Waals surface area contributed by atoms with E-state index < -0.39 is 58.9 Å². The lowest BCUT2D eigenvalue weighted by Gasteiger charge is -2.36. The lowest BCUT2D eigenvalue weighted by Crippen LogP contribution is -2.60. The predicted molar refractivity (Wildman–Crippen MR) is 126 cm³/mol. The Labute approximate surface area is 214 Å². The summed E-state index contributed by atoms with van der Waals surface area (Å²) in [6.45, 7) is 8.55. The van der Waals surface area contributed by atoms with Gasteiger partial charge in [0, 0.05) is 18.0 Å². The van der Waals surface area contributed by atoms with Crippen LogP contribution in [0, 0.1) is 34.5 Å². The maximum absolute atomic E-state index is 13.6. The topological polar surface area (TPSA) is 131 Å². The number of carbonyl (C=O) groups is 4. The first-order valence-electron chi connectivity index (χ1n) is 12.6. The van der Waals surface area contributed by atoms with Crippen LogP contribution in [0.15, 0.2) is 0 Å². The lowest BCUT2D eigenvalue weighted by atomic mass is 9.85. The third kappa shape index (κ3) is 6.36. The van der Waals surface area contributed by atoms with Gasteiger partial charge in [0.25, 0.3) is 0 Å². The maximum atomic E-state index is 13.6. The highest BCUT2D eigenvalue weighted by Crippen LogP contribution is 2.43. The van der Waals surface area contributed by atoms with Crippen LogP contribution < -0.4 is 16.0 Å². The minimum Gasteiger partial charge on any atom is -0.351 e. The number of carbonyl (C=O) groups excluding carboxylic acids is 4. The summed E-state index contributed by atoms with van der Waals surface area (Å²) in [6, 6.07) is -1.43. The number of fused-ring (bicyclic) bond motifs is 1. The molecule has 0 radical (unpaired) electrons. The van der Waals surface area contributed by atoms with Crippen molar-refractivity contribution in [2.24, 2.45) is 23.2 Å². The third-order valence-corrected chi connectivity index (χ3v) is 7.67. The molecular weight excluding hydrogens is 491 g/mol. The van der Waals surface area contributed by atoms with E-state index in [1.807, 2.05) is 25.2 Å². The van der Waals surface area contributed by atoms with Crippen molar-refractivity contribution in [3.8, 4) is 6.07 Å². The zero-order valence-corrected chi connectivity index (χ0v) is 21.9. The molecule has 37 heavy (non-hydrogen) atoms. The number of alkyl halides is 3. The lowest BCUT2D eigenvalue weighted by molar-refractivity contribution is -0.176. The van der Waals surface area contributed by atoms with Gasteiger partial charge in [0.15, 0.2) is 0 Å². The largest absolute Gasteiger partial charge is 0.471 e. The predicted octanol–water partition coefficient (Wildman–Crippen LogP) is 2.02. The van der Waals surface area contributed by atoms with E-state index in [1.54, 1.807) is 0 Å². The molecule has 3 N–H and O–H groups in total. The number of rotatable bonds is 6. The van der Waals surface area contributed by atoms with Crippen LogP contribution in [-0.4, -0.2) is 64.9 Å².